The van der Waals surface area contributed by atoms with Crippen LogP contribution in [0, 0.1) is 5.92 Å². The molecule has 2 rings (SSSR count). The third kappa shape index (κ3) is 5.41. The smallest absolute Gasteiger partial charge is 1.00 e. The molecule has 0 amide bonds. The van der Waals surface area contributed by atoms with Crippen molar-refractivity contribution in [1.29, 1.82) is 0 Å². The summed E-state index contributed by atoms with van der Waals surface area (Å²) < 4.78 is 6.52. The number of para-hydroxylation sites is 1. The predicted molar refractivity (Wildman–Crippen MR) is 86.1 cm³/mol. The summed E-state index contributed by atoms with van der Waals surface area (Å²) in [4.78, 5) is 26.7. The first kappa shape index (κ1) is 18.7. The van der Waals surface area contributed by atoms with Gasteiger partial charge in [-0.15, -0.1) is 11.3 Å². The monoisotopic (exact) mass is 353 g/mol. The van der Waals surface area contributed by atoms with Crippen LogP contribution in [-0.4, -0.2) is 72.6 Å². The number of carbonyl (C=O) groups excluding carboxylic acids is 1. The molecule has 1 aromatic heterocycles. The van der Waals surface area contributed by atoms with Crippen LogP contribution in [0.2, 0.25) is 0 Å². The van der Waals surface area contributed by atoms with Crippen LogP contribution in [0.25, 0.3) is 10.2 Å². The molecule has 0 radical (unpaired) electrons. The van der Waals surface area contributed by atoms with Crippen molar-refractivity contribution in [3.05, 3.63) is 24.3 Å². The molecule has 1 unspecified atom stereocenters. The number of benzene rings is 1. The first-order chi connectivity index (χ1) is 9.60. The van der Waals surface area contributed by atoms with Gasteiger partial charge >= 0.3 is 49.7 Å². The minimum atomic E-state index is -1.01. The summed E-state index contributed by atoms with van der Waals surface area (Å²) in [5.74, 6) is -1.82. The van der Waals surface area contributed by atoms with Crippen LogP contribution in [0.5, 0.6) is 0 Å². The standard InChI is InChI=1S/C13H13NO4S2.Ca.2H/c1-18-12(17)8(6-11(15)16)7-19-13-14-9-4-2-3-5-10(9)20-13;;;/h2-5,8H,6-7H2,1H3,(H,15,16);;;/q;+2;2*-1. The number of carboxylic acid groups (broad SMARTS) is 1. The number of hydrogen-bond donors (Lipinski definition) is 1. The Balaban J connectivity index is 0. The molecule has 0 saturated carbocycles. The third-order valence-electron chi connectivity index (χ3n) is 2.64. The maximum atomic E-state index is 11.5. The van der Waals surface area contributed by atoms with Gasteiger partial charge in [0.05, 0.1) is 29.7 Å². The molecule has 1 heterocycles. The largest absolute Gasteiger partial charge is 2.00 e. The van der Waals surface area contributed by atoms with Crippen LogP contribution in [-0.2, 0) is 14.3 Å². The van der Waals surface area contributed by atoms with Gasteiger partial charge in [-0.25, -0.2) is 4.98 Å². The number of esters is 1. The quantitative estimate of drug-likeness (QED) is 0.488. The number of thioether (sulfide) groups is 1. The summed E-state index contributed by atoms with van der Waals surface area (Å²) in [7, 11) is 1.26. The summed E-state index contributed by atoms with van der Waals surface area (Å²) >= 11 is 2.91. The molecule has 0 aliphatic heterocycles. The van der Waals surface area contributed by atoms with Gasteiger partial charge in [-0.2, -0.15) is 0 Å². The average molecular weight is 353 g/mol. The van der Waals surface area contributed by atoms with E-state index in [9.17, 15) is 9.59 Å². The third-order valence-corrected chi connectivity index (χ3v) is 4.98. The van der Waals surface area contributed by atoms with E-state index in [0.29, 0.717) is 5.75 Å². The van der Waals surface area contributed by atoms with E-state index in [1.807, 2.05) is 24.3 Å². The van der Waals surface area contributed by atoms with Gasteiger partial charge in [0.15, 0.2) is 4.34 Å². The minimum absolute atomic E-state index is 0. The number of rotatable bonds is 6. The van der Waals surface area contributed by atoms with Gasteiger partial charge in [0.1, 0.15) is 0 Å². The van der Waals surface area contributed by atoms with Crippen molar-refractivity contribution >= 4 is 83.0 Å². The SMILES string of the molecule is COC(=O)C(CSc1nc2ccccc2s1)CC(=O)O.[Ca+2].[H-].[H-]. The van der Waals surface area contributed by atoms with Crippen LogP contribution in [0.4, 0.5) is 0 Å². The Hall–Kier alpha value is -0.340. The van der Waals surface area contributed by atoms with Gasteiger partial charge in [-0.05, 0) is 12.1 Å². The van der Waals surface area contributed by atoms with Gasteiger partial charge in [0, 0.05) is 5.75 Å². The van der Waals surface area contributed by atoms with Crippen molar-refractivity contribution in [3.8, 4) is 0 Å². The molecule has 0 bridgehead atoms. The molecule has 0 saturated heterocycles. The van der Waals surface area contributed by atoms with E-state index in [0.717, 1.165) is 14.6 Å². The van der Waals surface area contributed by atoms with Crippen LogP contribution in [0.1, 0.15) is 9.27 Å². The molecule has 0 aliphatic carbocycles. The number of aliphatic carboxylic acids is 1. The van der Waals surface area contributed by atoms with Crippen LogP contribution >= 0.6 is 23.1 Å². The topological polar surface area (TPSA) is 76.5 Å². The van der Waals surface area contributed by atoms with Crippen molar-refractivity contribution in [2.45, 2.75) is 10.8 Å². The first-order valence-corrected chi connectivity index (χ1v) is 7.68. The van der Waals surface area contributed by atoms with Crippen molar-refractivity contribution in [3.63, 3.8) is 0 Å². The van der Waals surface area contributed by atoms with Gasteiger partial charge in [-0.1, -0.05) is 23.9 Å². The van der Waals surface area contributed by atoms with E-state index < -0.39 is 17.9 Å². The number of fused-ring (bicyclic) bond motifs is 1. The zero-order chi connectivity index (χ0) is 14.5. The molecule has 0 aliphatic rings. The summed E-state index contributed by atoms with van der Waals surface area (Å²) in [5.41, 5.74) is 0.910. The van der Waals surface area contributed by atoms with E-state index in [-0.39, 0.29) is 47.0 Å². The molecule has 0 fully saturated rings. The van der Waals surface area contributed by atoms with Crippen molar-refractivity contribution in [2.24, 2.45) is 5.92 Å². The Morgan fingerprint density at radius 1 is 1.48 bits per heavy atom. The molecule has 110 valence electrons. The first-order valence-electron chi connectivity index (χ1n) is 5.88. The van der Waals surface area contributed by atoms with E-state index >= 15 is 0 Å². The molecular formula is C13H15CaNO4S2. The van der Waals surface area contributed by atoms with Crippen molar-refractivity contribution < 1.29 is 22.3 Å². The molecule has 5 nitrogen and oxygen atoms in total. The Kier molecular flexibility index (Phi) is 7.97. The number of carboxylic acids is 1. The Morgan fingerprint density at radius 2 is 2.19 bits per heavy atom. The van der Waals surface area contributed by atoms with Gasteiger partial charge in [0.25, 0.3) is 0 Å². The maximum Gasteiger partial charge on any atom is 2.00 e. The number of aromatic nitrogens is 1. The number of thiazole rings is 1. The number of nitrogens with zero attached hydrogens (tertiary/aromatic N) is 1. The van der Waals surface area contributed by atoms with E-state index in [4.69, 9.17) is 5.11 Å². The second-order valence-corrected chi connectivity index (χ2v) is 6.37. The molecule has 1 atom stereocenters. The zero-order valence-corrected chi connectivity index (χ0v) is 15.3. The van der Waals surface area contributed by atoms with Gasteiger partial charge < -0.3 is 12.7 Å². The van der Waals surface area contributed by atoms with Crippen LogP contribution in [0.3, 0.4) is 0 Å². The summed E-state index contributed by atoms with van der Waals surface area (Å²) in [6, 6.07) is 7.76. The van der Waals surface area contributed by atoms with E-state index in [1.165, 1.54) is 30.2 Å². The molecule has 8 heteroatoms. The Labute approximate surface area is 163 Å². The van der Waals surface area contributed by atoms with Gasteiger partial charge in [0.2, 0.25) is 0 Å². The number of carbonyl (C=O) groups is 2. The van der Waals surface area contributed by atoms with E-state index in [1.54, 1.807) is 0 Å². The molecular weight excluding hydrogens is 338 g/mol. The van der Waals surface area contributed by atoms with Gasteiger partial charge in [-0.3, -0.25) is 9.59 Å². The van der Waals surface area contributed by atoms with Crippen molar-refractivity contribution in [1.82, 2.24) is 4.98 Å². The average Bonchev–Trinajstić information content (AvgIpc) is 2.84. The second-order valence-electron chi connectivity index (χ2n) is 4.08. The van der Waals surface area contributed by atoms with Crippen LogP contribution in [0.15, 0.2) is 28.6 Å². The Morgan fingerprint density at radius 3 is 2.81 bits per heavy atom. The number of hydrogen-bond acceptors (Lipinski definition) is 6. The number of ether oxygens (including phenoxy) is 1. The minimum Gasteiger partial charge on any atom is -1.00 e. The molecule has 0 spiro atoms. The summed E-state index contributed by atoms with van der Waals surface area (Å²) in [6.45, 7) is 0. The summed E-state index contributed by atoms with van der Waals surface area (Å²) in [6.07, 6.45) is -0.232. The van der Waals surface area contributed by atoms with E-state index in [2.05, 4.69) is 9.72 Å². The molecule has 21 heavy (non-hydrogen) atoms. The predicted octanol–water partition coefficient (Wildman–Crippen LogP) is 2.50. The summed E-state index contributed by atoms with van der Waals surface area (Å²) in [5, 5.41) is 8.81. The molecule has 1 N–H and O–H groups in total. The fourth-order valence-corrected chi connectivity index (χ4v) is 3.84. The van der Waals surface area contributed by atoms with Crippen LogP contribution < -0.4 is 0 Å². The molecule has 1 aromatic carbocycles. The normalized spacial score (nSPS) is 11.7. The molecule has 2 aromatic rings. The fourth-order valence-electron chi connectivity index (χ4n) is 1.67. The Bertz CT molecular complexity index is 608. The number of methoxy groups -OCH3 is 1. The fraction of sp³-hybridized carbons (Fsp3) is 0.308. The second kappa shape index (κ2) is 8.95. The maximum absolute atomic E-state index is 11.5. The zero-order valence-electron chi connectivity index (χ0n) is 13.4. The van der Waals surface area contributed by atoms with Crippen molar-refractivity contribution in [2.75, 3.05) is 12.9 Å².